The lowest BCUT2D eigenvalue weighted by Crippen LogP contribution is -2.42. The Bertz CT molecular complexity index is 1170. The molecule has 0 aliphatic carbocycles. The summed E-state index contributed by atoms with van der Waals surface area (Å²) in [5, 5.41) is 3.45. The van der Waals surface area contributed by atoms with Crippen LogP contribution in [0.4, 0.5) is 5.69 Å². The standard InChI is InChI=1S/C27H27ClN4O2/c1-3-31(4-2)23-16-10-19(11-17-23)18-32-25(20-8-6-5-7-9-20)24(27(34)30-32)29-26(33)21-12-14-22(28)15-13-21/h5-18,24-25H,3-4H2,1-2H3,(H-,29,30,33,34)/p+1/t24-,25+/m0/s1. The fourth-order valence-electron chi connectivity index (χ4n) is 4.18. The van der Waals surface area contributed by atoms with Gasteiger partial charge in [0.2, 0.25) is 12.3 Å². The molecule has 4 rings (SSSR count). The number of benzene rings is 3. The van der Waals surface area contributed by atoms with Crippen molar-refractivity contribution in [2.45, 2.75) is 25.9 Å². The highest BCUT2D eigenvalue weighted by Crippen LogP contribution is 2.26. The largest absolute Gasteiger partial charge is 0.372 e. The highest BCUT2D eigenvalue weighted by molar-refractivity contribution is 6.30. The van der Waals surface area contributed by atoms with E-state index in [9.17, 15) is 9.59 Å². The maximum Gasteiger partial charge on any atom is 0.304 e. The maximum absolute atomic E-state index is 13.0. The Kier molecular flexibility index (Phi) is 7.28. The Labute approximate surface area is 204 Å². The second kappa shape index (κ2) is 10.5. The molecule has 0 spiro atoms. The van der Waals surface area contributed by atoms with Gasteiger partial charge in [0.25, 0.3) is 5.91 Å². The van der Waals surface area contributed by atoms with Crippen molar-refractivity contribution >= 4 is 35.3 Å². The third kappa shape index (κ3) is 5.13. The summed E-state index contributed by atoms with van der Waals surface area (Å²) < 4.78 is 1.77. The van der Waals surface area contributed by atoms with Gasteiger partial charge in [-0.3, -0.25) is 9.59 Å². The first-order valence-electron chi connectivity index (χ1n) is 11.4. The predicted molar refractivity (Wildman–Crippen MR) is 135 cm³/mol. The molecule has 0 unspecified atom stereocenters. The normalized spacial score (nSPS) is 18.6. The SMILES string of the molecule is CCN(CC)c1ccc(/C=[N+]2\NC(=O)[C@@H](NC(=O)c3ccc(Cl)cc3)[C@H]2c2ccccc2)cc1. The minimum absolute atomic E-state index is 0.271. The summed E-state index contributed by atoms with van der Waals surface area (Å²) in [5.41, 5.74) is 6.38. The first-order valence-corrected chi connectivity index (χ1v) is 11.8. The molecular weight excluding hydrogens is 448 g/mol. The molecule has 0 saturated carbocycles. The Morgan fingerprint density at radius 1 is 1.00 bits per heavy atom. The molecule has 0 aromatic heterocycles. The topological polar surface area (TPSA) is 64.5 Å². The number of hydrogen-bond acceptors (Lipinski definition) is 3. The highest BCUT2D eigenvalue weighted by atomic mass is 35.5. The number of halogens is 1. The number of rotatable bonds is 7. The van der Waals surface area contributed by atoms with Crippen molar-refractivity contribution in [3.63, 3.8) is 0 Å². The second-order valence-corrected chi connectivity index (χ2v) is 8.53. The van der Waals surface area contributed by atoms with E-state index in [4.69, 9.17) is 11.6 Å². The molecule has 174 valence electrons. The summed E-state index contributed by atoms with van der Waals surface area (Å²) in [5.74, 6) is -0.602. The Hall–Kier alpha value is -3.64. The summed E-state index contributed by atoms with van der Waals surface area (Å²) >= 11 is 5.94. The van der Waals surface area contributed by atoms with E-state index < -0.39 is 12.1 Å². The van der Waals surface area contributed by atoms with Crippen molar-refractivity contribution in [1.29, 1.82) is 0 Å². The minimum Gasteiger partial charge on any atom is -0.372 e. The zero-order valence-corrected chi connectivity index (χ0v) is 20.0. The van der Waals surface area contributed by atoms with E-state index in [1.165, 1.54) is 0 Å². The van der Waals surface area contributed by atoms with Crippen LogP contribution in [-0.2, 0) is 4.79 Å². The Morgan fingerprint density at radius 2 is 1.65 bits per heavy atom. The number of carbonyl (C=O) groups excluding carboxylic acids is 2. The first-order chi connectivity index (χ1) is 16.5. The van der Waals surface area contributed by atoms with Crippen LogP contribution in [0, 0.1) is 0 Å². The molecule has 7 heteroatoms. The van der Waals surface area contributed by atoms with Crippen molar-refractivity contribution in [2.24, 2.45) is 0 Å². The lowest BCUT2D eigenvalue weighted by Gasteiger charge is -2.20. The molecule has 34 heavy (non-hydrogen) atoms. The van der Waals surface area contributed by atoms with Crippen molar-refractivity contribution in [3.8, 4) is 0 Å². The van der Waals surface area contributed by atoms with E-state index in [2.05, 4.69) is 41.6 Å². The number of amides is 2. The van der Waals surface area contributed by atoms with Crippen molar-refractivity contribution in [2.75, 3.05) is 18.0 Å². The molecule has 1 saturated heterocycles. The van der Waals surface area contributed by atoms with Gasteiger partial charge in [0.05, 0.1) is 0 Å². The van der Waals surface area contributed by atoms with Gasteiger partial charge in [-0.2, -0.15) is 0 Å². The van der Waals surface area contributed by atoms with Crippen LogP contribution in [0.3, 0.4) is 0 Å². The number of hydrazine groups is 1. The molecule has 2 amide bonds. The van der Waals surface area contributed by atoms with Gasteiger partial charge in [0.15, 0.2) is 6.04 Å². The lowest BCUT2D eigenvalue weighted by atomic mass is 10.00. The van der Waals surface area contributed by atoms with Crippen molar-refractivity contribution in [1.82, 2.24) is 10.7 Å². The van der Waals surface area contributed by atoms with Gasteiger partial charge in [0.1, 0.15) is 0 Å². The monoisotopic (exact) mass is 475 g/mol. The van der Waals surface area contributed by atoms with Crippen LogP contribution < -0.4 is 15.6 Å². The predicted octanol–water partition coefficient (Wildman–Crippen LogP) is 4.20. The third-order valence-corrected chi connectivity index (χ3v) is 6.23. The maximum atomic E-state index is 13.0. The Morgan fingerprint density at radius 3 is 2.26 bits per heavy atom. The quantitative estimate of drug-likeness (QED) is 0.503. The highest BCUT2D eigenvalue weighted by Gasteiger charge is 2.47. The summed E-state index contributed by atoms with van der Waals surface area (Å²) in [6.45, 7) is 6.14. The number of nitrogens with zero attached hydrogens (tertiary/aromatic N) is 2. The van der Waals surface area contributed by atoms with E-state index in [-0.39, 0.29) is 11.8 Å². The van der Waals surface area contributed by atoms with Crippen molar-refractivity contribution in [3.05, 3.63) is 101 Å². The van der Waals surface area contributed by atoms with Gasteiger partial charge in [-0.1, -0.05) is 41.9 Å². The van der Waals surface area contributed by atoms with Gasteiger partial charge in [0, 0.05) is 40.5 Å². The molecule has 1 aliphatic heterocycles. The number of hydrazone groups is 1. The third-order valence-electron chi connectivity index (χ3n) is 5.98. The van der Waals surface area contributed by atoms with E-state index in [0.717, 1.165) is 29.9 Å². The van der Waals surface area contributed by atoms with E-state index in [0.29, 0.717) is 10.6 Å². The van der Waals surface area contributed by atoms with E-state index >= 15 is 0 Å². The van der Waals surface area contributed by atoms with Crippen molar-refractivity contribution < 1.29 is 14.3 Å². The molecule has 2 N–H and O–H groups in total. The summed E-state index contributed by atoms with van der Waals surface area (Å²) in [6, 6.07) is 23.3. The van der Waals surface area contributed by atoms with Crippen LogP contribution in [0.5, 0.6) is 0 Å². The van der Waals surface area contributed by atoms with Gasteiger partial charge < -0.3 is 10.2 Å². The van der Waals surface area contributed by atoms with Gasteiger partial charge in [-0.15, -0.1) is 10.1 Å². The second-order valence-electron chi connectivity index (χ2n) is 8.09. The number of nitrogens with one attached hydrogen (secondary N) is 2. The van der Waals surface area contributed by atoms with Crippen LogP contribution in [0.1, 0.15) is 41.4 Å². The zero-order chi connectivity index (χ0) is 24.1. The van der Waals surface area contributed by atoms with Crippen LogP contribution in [-0.4, -0.2) is 41.8 Å². The molecule has 0 radical (unpaired) electrons. The molecule has 6 nitrogen and oxygen atoms in total. The smallest absolute Gasteiger partial charge is 0.304 e. The van der Waals surface area contributed by atoms with Crippen LogP contribution >= 0.6 is 11.6 Å². The first kappa shape index (κ1) is 23.5. The number of carbonyl (C=O) groups is 2. The molecule has 1 fully saturated rings. The molecule has 1 aliphatic rings. The summed E-state index contributed by atoms with van der Waals surface area (Å²) in [4.78, 5) is 28.1. The van der Waals surface area contributed by atoms with Gasteiger partial charge >= 0.3 is 5.91 Å². The average Bonchev–Trinajstić information content (AvgIpc) is 3.16. The van der Waals surface area contributed by atoms with Gasteiger partial charge in [-0.25, -0.2) is 0 Å². The number of anilines is 1. The molecular formula is C27H28ClN4O2+. The zero-order valence-electron chi connectivity index (χ0n) is 19.2. The molecule has 3 aromatic rings. The van der Waals surface area contributed by atoms with Crippen LogP contribution in [0.2, 0.25) is 5.02 Å². The average molecular weight is 476 g/mol. The molecule has 1 heterocycles. The van der Waals surface area contributed by atoms with Crippen LogP contribution in [0.25, 0.3) is 0 Å². The molecule has 2 atom stereocenters. The fraction of sp³-hybridized carbons (Fsp3) is 0.222. The van der Waals surface area contributed by atoms with E-state index in [1.54, 1.807) is 28.9 Å². The van der Waals surface area contributed by atoms with Crippen LogP contribution in [0.15, 0.2) is 78.9 Å². The van der Waals surface area contributed by atoms with E-state index in [1.807, 2.05) is 48.7 Å². The lowest BCUT2D eigenvalue weighted by molar-refractivity contribution is -0.596. The summed E-state index contributed by atoms with van der Waals surface area (Å²) in [7, 11) is 0. The summed E-state index contributed by atoms with van der Waals surface area (Å²) in [6.07, 6.45) is 1.90. The fourth-order valence-corrected chi connectivity index (χ4v) is 4.30. The van der Waals surface area contributed by atoms with Gasteiger partial charge in [-0.05, 0) is 62.4 Å². The molecule has 3 aromatic carbocycles. The number of hydrogen-bond donors (Lipinski definition) is 2. The Balaban J connectivity index is 1.64. The minimum atomic E-state index is -0.767. The molecule has 0 bridgehead atoms.